The molecule has 0 unspecified atom stereocenters. The summed E-state index contributed by atoms with van der Waals surface area (Å²) in [5.41, 5.74) is 2.97. The van der Waals surface area contributed by atoms with Crippen molar-refractivity contribution in [2.75, 3.05) is 17.3 Å². The predicted molar refractivity (Wildman–Crippen MR) is 144 cm³/mol. The number of carbonyl (C=O) groups excluding carboxylic acids is 2. The Balaban J connectivity index is 1.64. The molecule has 38 heavy (non-hydrogen) atoms. The van der Waals surface area contributed by atoms with Gasteiger partial charge in [0.15, 0.2) is 0 Å². The lowest BCUT2D eigenvalue weighted by Gasteiger charge is -2.10. The molecule has 3 aromatic rings. The molecule has 0 saturated carbocycles. The highest BCUT2D eigenvalue weighted by molar-refractivity contribution is 9.10. The smallest absolute Gasteiger partial charge is 0.306 e. The number of amides is 1. The number of esters is 1. The second-order valence-electron chi connectivity index (χ2n) is 7.82. The van der Waals surface area contributed by atoms with E-state index in [1.807, 2.05) is 6.07 Å². The third-order valence-corrected chi connectivity index (χ3v) is 5.62. The molecule has 12 nitrogen and oxygen atoms in total. The molecule has 0 aliphatic heterocycles. The number of hydrogen-bond donors (Lipinski definition) is 2. The van der Waals surface area contributed by atoms with Crippen LogP contribution in [0.4, 0.5) is 22.7 Å². The number of halogens is 1. The molecule has 0 saturated heterocycles. The van der Waals surface area contributed by atoms with E-state index < -0.39 is 27.2 Å². The third kappa shape index (κ3) is 8.48. The van der Waals surface area contributed by atoms with Gasteiger partial charge in [-0.2, -0.15) is 5.10 Å². The number of nitrogens with zero attached hydrogens (tertiary/aromatic N) is 3. The summed E-state index contributed by atoms with van der Waals surface area (Å²) in [6.07, 6.45) is 0.398. The summed E-state index contributed by atoms with van der Waals surface area (Å²) < 4.78 is 6.13. The van der Waals surface area contributed by atoms with Crippen LogP contribution in [0.2, 0.25) is 0 Å². The van der Waals surface area contributed by atoms with Crippen LogP contribution in [0.5, 0.6) is 0 Å². The van der Waals surface area contributed by atoms with Gasteiger partial charge in [-0.25, -0.2) is 0 Å². The van der Waals surface area contributed by atoms with Crippen molar-refractivity contribution in [1.29, 1.82) is 0 Å². The molecule has 0 spiro atoms. The molecular formula is C25H22BrN5O7. The van der Waals surface area contributed by atoms with Gasteiger partial charge in [-0.15, -0.1) is 0 Å². The molecule has 0 atom stereocenters. The monoisotopic (exact) mass is 583 g/mol. The molecule has 13 heteroatoms. The minimum absolute atomic E-state index is 0.00290. The fourth-order valence-corrected chi connectivity index (χ4v) is 3.45. The van der Waals surface area contributed by atoms with E-state index >= 15 is 0 Å². The van der Waals surface area contributed by atoms with Crippen LogP contribution in [0, 0.1) is 20.2 Å². The Hall–Kier alpha value is -4.65. The van der Waals surface area contributed by atoms with E-state index in [1.165, 1.54) is 6.07 Å². The zero-order valence-electron chi connectivity index (χ0n) is 19.8. The topological polar surface area (TPSA) is 166 Å². The Labute approximate surface area is 225 Å². The Morgan fingerprint density at radius 1 is 0.921 bits per heavy atom. The molecule has 2 N–H and O–H groups in total. The van der Waals surface area contributed by atoms with E-state index in [2.05, 4.69) is 31.8 Å². The quantitative estimate of drug-likeness (QED) is 0.123. The van der Waals surface area contributed by atoms with Gasteiger partial charge < -0.3 is 10.1 Å². The van der Waals surface area contributed by atoms with E-state index in [-0.39, 0.29) is 43.2 Å². The largest absolute Gasteiger partial charge is 0.459 e. The van der Waals surface area contributed by atoms with Gasteiger partial charge in [-0.05, 0) is 36.8 Å². The van der Waals surface area contributed by atoms with Gasteiger partial charge >= 0.3 is 11.7 Å². The van der Waals surface area contributed by atoms with Crippen molar-refractivity contribution in [3.8, 4) is 0 Å². The maximum absolute atomic E-state index is 12.3. The summed E-state index contributed by atoms with van der Waals surface area (Å²) >= 11 is 3.33. The molecule has 0 aromatic heterocycles. The minimum atomic E-state index is -0.766. The number of nitrogens with one attached hydrogen (secondary N) is 2. The van der Waals surface area contributed by atoms with Gasteiger partial charge in [0.2, 0.25) is 5.91 Å². The normalized spacial score (nSPS) is 10.9. The molecule has 0 aliphatic carbocycles. The number of nitro benzene ring substituents is 2. The number of ether oxygens (including phenoxy) is 1. The summed E-state index contributed by atoms with van der Waals surface area (Å²) in [4.78, 5) is 45.2. The lowest BCUT2D eigenvalue weighted by Crippen LogP contribution is -2.17. The number of anilines is 2. The van der Waals surface area contributed by atoms with Crippen LogP contribution < -0.4 is 10.7 Å². The van der Waals surface area contributed by atoms with Crippen LogP contribution in [-0.4, -0.2) is 34.0 Å². The maximum Gasteiger partial charge on any atom is 0.306 e. The second-order valence-corrected chi connectivity index (χ2v) is 8.74. The Bertz CT molecular complexity index is 1350. The molecule has 0 fully saturated rings. The summed E-state index contributed by atoms with van der Waals surface area (Å²) in [7, 11) is 0. The molecule has 3 rings (SSSR count). The van der Waals surface area contributed by atoms with Crippen LogP contribution in [0.3, 0.4) is 0 Å². The highest BCUT2D eigenvalue weighted by Crippen LogP contribution is 2.29. The number of benzene rings is 3. The second kappa shape index (κ2) is 13.6. The van der Waals surface area contributed by atoms with Crippen molar-refractivity contribution in [2.24, 2.45) is 5.10 Å². The number of carbonyl (C=O) groups is 2. The zero-order valence-corrected chi connectivity index (χ0v) is 21.4. The highest BCUT2D eigenvalue weighted by Gasteiger charge is 2.20. The van der Waals surface area contributed by atoms with Crippen molar-refractivity contribution < 1.29 is 24.2 Å². The van der Waals surface area contributed by atoms with Gasteiger partial charge in [0.25, 0.3) is 5.69 Å². The van der Waals surface area contributed by atoms with Crippen LogP contribution in [0.1, 0.15) is 24.8 Å². The summed E-state index contributed by atoms with van der Waals surface area (Å²) in [6.45, 7) is -0.259. The SMILES string of the molecule is O=C(CCCC(=O)OC/C(=N\Nc1ccc([N+](=O)[O-])cc1[N+](=O)[O-])c1ccc(Br)cc1)Nc1ccccc1. The molecule has 1 amide bonds. The fraction of sp³-hybridized carbons (Fsp3) is 0.160. The van der Waals surface area contributed by atoms with Crippen LogP contribution in [-0.2, 0) is 14.3 Å². The summed E-state index contributed by atoms with van der Waals surface area (Å²) in [5, 5.41) is 29.3. The maximum atomic E-state index is 12.3. The lowest BCUT2D eigenvalue weighted by molar-refractivity contribution is -0.393. The van der Waals surface area contributed by atoms with E-state index in [1.54, 1.807) is 48.5 Å². The molecule has 196 valence electrons. The Morgan fingerprint density at radius 3 is 2.29 bits per heavy atom. The van der Waals surface area contributed by atoms with E-state index in [0.717, 1.165) is 16.6 Å². The number of rotatable bonds is 12. The average molecular weight is 584 g/mol. The lowest BCUT2D eigenvalue weighted by atomic mass is 10.1. The molecule has 3 aromatic carbocycles. The third-order valence-electron chi connectivity index (χ3n) is 5.09. The number of hydrogen-bond acceptors (Lipinski definition) is 9. The highest BCUT2D eigenvalue weighted by atomic mass is 79.9. The predicted octanol–water partition coefficient (Wildman–Crippen LogP) is 5.43. The van der Waals surface area contributed by atoms with Crippen molar-refractivity contribution in [3.05, 3.63) is 103 Å². The molecule has 0 radical (unpaired) electrons. The van der Waals surface area contributed by atoms with Crippen molar-refractivity contribution >= 4 is 56.3 Å². The average Bonchev–Trinajstić information content (AvgIpc) is 2.89. The van der Waals surface area contributed by atoms with Crippen molar-refractivity contribution in [3.63, 3.8) is 0 Å². The number of non-ortho nitro benzene ring substituents is 1. The first-order valence-electron chi connectivity index (χ1n) is 11.2. The molecule has 0 aliphatic rings. The first-order valence-corrected chi connectivity index (χ1v) is 12.0. The van der Waals surface area contributed by atoms with Gasteiger partial charge in [0, 0.05) is 34.6 Å². The van der Waals surface area contributed by atoms with Gasteiger partial charge in [0.1, 0.15) is 18.0 Å². The van der Waals surface area contributed by atoms with Crippen molar-refractivity contribution in [2.45, 2.75) is 19.3 Å². The Kier molecular flexibility index (Phi) is 10.00. The van der Waals surface area contributed by atoms with Gasteiger partial charge in [-0.3, -0.25) is 35.2 Å². The fourth-order valence-electron chi connectivity index (χ4n) is 3.19. The summed E-state index contributed by atoms with van der Waals surface area (Å²) in [5.74, 6) is -0.779. The van der Waals surface area contributed by atoms with Crippen molar-refractivity contribution in [1.82, 2.24) is 0 Å². The zero-order chi connectivity index (χ0) is 27.5. The van der Waals surface area contributed by atoms with Crippen LogP contribution in [0.15, 0.2) is 82.4 Å². The van der Waals surface area contributed by atoms with E-state index in [4.69, 9.17) is 4.74 Å². The van der Waals surface area contributed by atoms with Crippen LogP contribution in [0.25, 0.3) is 0 Å². The van der Waals surface area contributed by atoms with Crippen LogP contribution >= 0.6 is 15.9 Å². The Morgan fingerprint density at radius 2 is 1.63 bits per heavy atom. The number of nitro groups is 2. The van der Waals surface area contributed by atoms with E-state index in [9.17, 15) is 29.8 Å². The number of para-hydroxylation sites is 1. The first kappa shape index (κ1) is 27.9. The summed E-state index contributed by atoms with van der Waals surface area (Å²) in [6, 6.07) is 18.9. The first-order chi connectivity index (χ1) is 18.2. The molecule has 0 heterocycles. The van der Waals surface area contributed by atoms with Gasteiger partial charge in [-0.1, -0.05) is 46.3 Å². The van der Waals surface area contributed by atoms with Gasteiger partial charge in [0.05, 0.1) is 15.9 Å². The molecular weight excluding hydrogens is 562 g/mol. The van der Waals surface area contributed by atoms with E-state index in [0.29, 0.717) is 11.3 Å². The minimum Gasteiger partial charge on any atom is -0.459 e. The standard InChI is InChI=1S/C25H22BrN5O7/c26-18-11-9-17(10-12-18)22(29-28-21-14-13-20(30(34)35)15-23(21)31(36)37)16-38-25(33)8-4-7-24(32)27-19-5-2-1-3-6-19/h1-3,5-6,9-15,28H,4,7-8,16H2,(H,27,32)/b29-22+. The number of hydrazone groups is 1. The molecule has 0 bridgehead atoms.